The molecule has 0 spiro atoms. The summed E-state index contributed by atoms with van der Waals surface area (Å²) in [5.41, 5.74) is 1.07. The van der Waals surface area contributed by atoms with Gasteiger partial charge in [0, 0.05) is 7.11 Å². The van der Waals surface area contributed by atoms with E-state index in [0.29, 0.717) is 6.61 Å². The maximum atomic E-state index is 12.1. The zero-order valence-electron chi connectivity index (χ0n) is 10.2. The van der Waals surface area contributed by atoms with E-state index in [2.05, 4.69) is 0 Å². The Morgan fingerprint density at radius 2 is 1.95 bits per heavy atom. The number of carboxylic acids is 1. The van der Waals surface area contributed by atoms with Gasteiger partial charge < -0.3 is 9.84 Å². The third kappa shape index (κ3) is 5.27. The van der Waals surface area contributed by atoms with E-state index in [4.69, 9.17) is 9.84 Å². The Kier molecular flexibility index (Phi) is 5.31. The number of aliphatic carboxylic acids is 1. The number of rotatable bonds is 6. The molecule has 0 radical (unpaired) electrons. The summed E-state index contributed by atoms with van der Waals surface area (Å²) in [6.45, 7) is -1.00. The van der Waals surface area contributed by atoms with Crippen LogP contribution in [0.4, 0.5) is 13.2 Å². The molecule has 19 heavy (non-hydrogen) atoms. The van der Waals surface area contributed by atoms with Crippen LogP contribution >= 0.6 is 0 Å². The molecule has 1 aromatic rings. The van der Waals surface area contributed by atoms with Gasteiger partial charge in [0.1, 0.15) is 6.04 Å². The number of hydrogen-bond acceptors (Lipinski definition) is 3. The first-order valence-electron chi connectivity index (χ1n) is 5.44. The fraction of sp³-hybridized carbons (Fsp3) is 0.417. The van der Waals surface area contributed by atoms with Crippen molar-refractivity contribution in [3.05, 3.63) is 35.4 Å². The van der Waals surface area contributed by atoms with Gasteiger partial charge in [0.05, 0.1) is 13.2 Å². The molecule has 1 rings (SSSR count). The van der Waals surface area contributed by atoms with Crippen molar-refractivity contribution in [2.45, 2.75) is 18.8 Å². The van der Waals surface area contributed by atoms with Gasteiger partial charge in [-0.1, -0.05) is 24.3 Å². The molecule has 2 N–H and O–H groups in total. The summed E-state index contributed by atoms with van der Waals surface area (Å²) in [6, 6.07) is 4.78. The number of ether oxygens (including phenoxy) is 1. The molecule has 0 fully saturated rings. The second kappa shape index (κ2) is 6.53. The van der Waals surface area contributed by atoms with Crippen molar-refractivity contribution in [3.63, 3.8) is 0 Å². The molecule has 7 heteroatoms. The van der Waals surface area contributed by atoms with Crippen molar-refractivity contribution in [2.24, 2.45) is 0 Å². The third-order valence-corrected chi connectivity index (χ3v) is 2.38. The quantitative estimate of drug-likeness (QED) is 0.836. The fourth-order valence-electron chi connectivity index (χ4n) is 1.54. The van der Waals surface area contributed by atoms with E-state index in [1.165, 1.54) is 19.2 Å². The summed E-state index contributed by atoms with van der Waals surface area (Å²) in [5.74, 6) is -1.36. The molecule has 0 amide bonds. The minimum absolute atomic E-state index is 0.261. The van der Waals surface area contributed by atoms with Crippen molar-refractivity contribution in [1.82, 2.24) is 5.32 Å². The minimum Gasteiger partial charge on any atom is -0.480 e. The molecule has 1 unspecified atom stereocenters. The topological polar surface area (TPSA) is 58.6 Å². The summed E-state index contributed by atoms with van der Waals surface area (Å²) in [5, 5.41) is 10.9. The first-order chi connectivity index (χ1) is 8.83. The predicted octanol–water partition coefficient (Wildman–Crippen LogP) is 2.11. The zero-order valence-corrected chi connectivity index (χ0v) is 10.2. The van der Waals surface area contributed by atoms with E-state index >= 15 is 0 Å². The molecular formula is C12H14F3NO3. The van der Waals surface area contributed by atoms with Gasteiger partial charge in [-0.05, 0) is 11.1 Å². The Morgan fingerprint density at radius 1 is 1.37 bits per heavy atom. The number of halogens is 3. The van der Waals surface area contributed by atoms with Crippen LogP contribution in [-0.4, -0.2) is 30.9 Å². The fourth-order valence-corrected chi connectivity index (χ4v) is 1.54. The van der Waals surface area contributed by atoms with Gasteiger partial charge in [-0.15, -0.1) is 0 Å². The number of carboxylic acid groups (broad SMARTS) is 1. The summed E-state index contributed by atoms with van der Waals surface area (Å²) in [6.07, 6.45) is -4.45. The van der Waals surface area contributed by atoms with Crippen molar-refractivity contribution in [3.8, 4) is 0 Å². The highest BCUT2D eigenvalue weighted by Crippen LogP contribution is 2.18. The summed E-state index contributed by atoms with van der Waals surface area (Å²) >= 11 is 0. The van der Waals surface area contributed by atoms with Crippen LogP contribution < -0.4 is 5.32 Å². The normalized spacial score (nSPS) is 13.3. The molecule has 1 aromatic carbocycles. The van der Waals surface area contributed by atoms with Crippen molar-refractivity contribution >= 4 is 5.97 Å². The molecule has 0 bridgehead atoms. The smallest absolute Gasteiger partial charge is 0.401 e. The molecule has 0 saturated heterocycles. The largest absolute Gasteiger partial charge is 0.480 e. The van der Waals surface area contributed by atoms with Gasteiger partial charge in [-0.2, -0.15) is 13.2 Å². The third-order valence-electron chi connectivity index (χ3n) is 2.38. The van der Waals surface area contributed by atoms with Crippen LogP contribution in [-0.2, 0) is 16.1 Å². The van der Waals surface area contributed by atoms with Crippen LogP contribution in [0.3, 0.4) is 0 Å². The molecule has 0 aromatic heterocycles. The lowest BCUT2D eigenvalue weighted by molar-refractivity contribution is -0.143. The highest BCUT2D eigenvalue weighted by Gasteiger charge is 2.30. The van der Waals surface area contributed by atoms with E-state index in [1.54, 1.807) is 12.1 Å². The minimum atomic E-state index is -4.45. The molecular weight excluding hydrogens is 263 g/mol. The summed E-state index contributed by atoms with van der Waals surface area (Å²) in [7, 11) is 1.51. The van der Waals surface area contributed by atoms with Crippen molar-refractivity contribution in [2.75, 3.05) is 13.7 Å². The number of methoxy groups -OCH3 is 1. The second-order valence-electron chi connectivity index (χ2n) is 3.94. The standard InChI is InChI=1S/C12H14F3NO3/c1-19-6-8-2-4-9(5-3-8)10(11(17)18)16-7-12(13,14)15/h2-5,10,16H,6-7H2,1H3,(H,17,18). The summed E-state index contributed by atoms with van der Waals surface area (Å²) in [4.78, 5) is 11.0. The Morgan fingerprint density at radius 3 is 2.37 bits per heavy atom. The lowest BCUT2D eigenvalue weighted by atomic mass is 10.1. The van der Waals surface area contributed by atoms with Crippen LogP contribution in [0.2, 0.25) is 0 Å². The number of alkyl halides is 3. The van der Waals surface area contributed by atoms with Crippen LogP contribution in [0.1, 0.15) is 17.2 Å². The number of benzene rings is 1. The van der Waals surface area contributed by atoms with E-state index in [-0.39, 0.29) is 5.56 Å². The van der Waals surface area contributed by atoms with E-state index in [0.717, 1.165) is 5.56 Å². The summed E-state index contributed by atoms with van der Waals surface area (Å²) < 4.78 is 41.2. The van der Waals surface area contributed by atoms with Gasteiger partial charge >= 0.3 is 12.1 Å². The van der Waals surface area contributed by atoms with E-state index < -0.39 is 24.7 Å². The Bertz CT molecular complexity index is 417. The van der Waals surface area contributed by atoms with Crippen molar-refractivity contribution < 1.29 is 27.8 Å². The first-order valence-corrected chi connectivity index (χ1v) is 5.44. The van der Waals surface area contributed by atoms with Gasteiger partial charge in [-0.25, -0.2) is 0 Å². The average Bonchev–Trinajstić information content (AvgIpc) is 2.30. The molecule has 4 nitrogen and oxygen atoms in total. The number of hydrogen-bond donors (Lipinski definition) is 2. The number of carbonyl (C=O) groups is 1. The van der Waals surface area contributed by atoms with Gasteiger partial charge in [0.25, 0.3) is 0 Å². The van der Waals surface area contributed by atoms with E-state index in [9.17, 15) is 18.0 Å². The van der Waals surface area contributed by atoms with Gasteiger partial charge in [0.15, 0.2) is 0 Å². The molecule has 1 atom stereocenters. The molecule has 0 saturated carbocycles. The number of nitrogens with one attached hydrogen (secondary N) is 1. The molecule has 0 aliphatic rings. The zero-order chi connectivity index (χ0) is 14.5. The highest BCUT2D eigenvalue weighted by molar-refractivity contribution is 5.75. The van der Waals surface area contributed by atoms with E-state index in [1.807, 2.05) is 5.32 Å². The SMILES string of the molecule is COCc1ccc(C(NCC(F)(F)F)C(=O)O)cc1. The Balaban J connectivity index is 2.78. The van der Waals surface area contributed by atoms with Gasteiger partial charge in [0.2, 0.25) is 0 Å². The van der Waals surface area contributed by atoms with Crippen molar-refractivity contribution in [1.29, 1.82) is 0 Å². The highest BCUT2D eigenvalue weighted by atomic mass is 19.4. The molecule has 0 aliphatic heterocycles. The Labute approximate surface area is 108 Å². The Hall–Kier alpha value is -1.60. The van der Waals surface area contributed by atoms with Crippen LogP contribution in [0.15, 0.2) is 24.3 Å². The predicted molar refractivity (Wildman–Crippen MR) is 61.6 cm³/mol. The average molecular weight is 277 g/mol. The second-order valence-corrected chi connectivity index (χ2v) is 3.94. The van der Waals surface area contributed by atoms with Gasteiger partial charge in [-0.3, -0.25) is 10.1 Å². The monoisotopic (exact) mass is 277 g/mol. The molecule has 0 heterocycles. The van der Waals surface area contributed by atoms with Crippen LogP contribution in [0.5, 0.6) is 0 Å². The first kappa shape index (κ1) is 15.5. The van der Waals surface area contributed by atoms with Crippen LogP contribution in [0.25, 0.3) is 0 Å². The molecule has 0 aliphatic carbocycles. The lowest BCUT2D eigenvalue weighted by Gasteiger charge is -2.16. The maximum Gasteiger partial charge on any atom is 0.401 e. The maximum absolute atomic E-state index is 12.1. The molecule has 106 valence electrons. The lowest BCUT2D eigenvalue weighted by Crippen LogP contribution is -2.36. The van der Waals surface area contributed by atoms with Crippen LogP contribution in [0, 0.1) is 0 Å².